The first kappa shape index (κ1) is 24.0. The number of ether oxygens (including phenoxy) is 3. The number of rotatable bonds is 6. The van der Waals surface area contributed by atoms with Crippen molar-refractivity contribution in [1.82, 2.24) is 0 Å². The predicted octanol–water partition coefficient (Wildman–Crippen LogP) is 2.86. The van der Waals surface area contributed by atoms with E-state index in [1.807, 2.05) is 0 Å². The Labute approximate surface area is 194 Å². The maximum absolute atomic E-state index is 12.1. The molecule has 0 saturated carbocycles. The van der Waals surface area contributed by atoms with Gasteiger partial charge in [-0.1, -0.05) is 0 Å². The van der Waals surface area contributed by atoms with Crippen LogP contribution in [0.25, 0.3) is 5.57 Å². The molecule has 0 aromatic heterocycles. The first-order valence-electron chi connectivity index (χ1n) is 9.70. The van der Waals surface area contributed by atoms with Crippen molar-refractivity contribution in [3.8, 4) is 23.0 Å². The maximum Gasteiger partial charge on any atom is 0.524 e. The second kappa shape index (κ2) is 8.57. The second-order valence-corrected chi connectivity index (χ2v) is 9.90. The molecular weight excluding hydrogens is 491 g/mol. The lowest BCUT2D eigenvalue weighted by molar-refractivity contribution is -0.114. The van der Waals surface area contributed by atoms with Crippen LogP contribution in [0.3, 0.4) is 0 Å². The molecule has 1 aliphatic carbocycles. The van der Waals surface area contributed by atoms with Gasteiger partial charge in [0.1, 0.15) is 33.7 Å². The summed E-state index contributed by atoms with van der Waals surface area (Å²) in [5.74, 6) is 0.00470. The third-order valence-electron chi connectivity index (χ3n) is 5.21. The van der Waals surface area contributed by atoms with Crippen LogP contribution in [0.5, 0.6) is 23.0 Å². The van der Waals surface area contributed by atoms with Crippen LogP contribution >= 0.6 is 7.82 Å². The van der Waals surface area contributed by atoms with Gasteiger partial charge in [-0.25, -0.2) is 4.57 Å². The van der Waals surface area contributed by atoms with Crippen LogP contribution in [0, 0.1) is 0 Å². The number of benzene rings is 2. The number of allylic oxidation sites excluding steroid dienone is 2. The highest BCUT2D eigenvalue weighted by Crippen LogP contribution is 2.49. The molecule has 0 radical (unpaired) electrons. The highest BCUT2D eigenvalue weighted by Gasteiger charge is 2.33. The zero-order valence-electron chi connectivity index (χ0n) is 17.8. The van der Waals surface area contributed by atoms with Crippen LogP contribution in [0.2, 0.25) is 0 Å². The van der Waals surface area contributed by atoms with Gasteiger partial charge in [0, 0.05) is 46.9 Å². The summed E-state index contributed by atoms with van der Waals surface area (Å²) in [6.45, 7) is 0. The van der Waals surface area contributed by atoms with E-state index in [1.54, 1.807) is 0 Å². The molecule has 2 aliphatic rings. The minimum absolute atomic E-state index is 0.108. The molecule has 0 fully saturated rings. The molecule has 0 unspecified atom stereocenters. The zero-order valence-corrected chi connectivity index (χ0v) is 19.6. The van der Waals surface area contributed by atoms with Gasteiger partial charge >= 0.3 is 7.82 Å². The third-order valence-corrected chi connectivity index (χ3v) is 6.54. The van der Waals surface area contributed by atoms with Crippen LogP contribution in [-0.2, 0) is 19.5 Å². The number of phosphoric acid groups is 1. The second-order valence-electron chi connectivity index (χ2n) is 7.35. The molecule has 11 nitrogen and oxygen atoms in total. The maximum atomic E-state index is 12.1. The molecule has 180 valence electrons. The van der Waals surface area contributed by atoms with Gasteiger partial charge in [-0.05, 0) is 24.6 Å². The molecule has 2 aromatic rings. The Kier molecular flexibility index (Phi) is 6.05. The molecule has 1 aliphatic heterocycles. The molecule has 4 rings (SSSR count). The molecule has 0 spiro atoms. The molecule has 3 N–H and O–H groups in total. The van der Waals surface area contributed by atoms with Gasteiger partial charge in [0.15, 0.2) is 5.78 Å². The van der Waals surface area contributed by atoms with Crippen molar-refractivity contribution < 1.29 is 50.9 Å². The fraction of sp³-hybridized carbons (Fsp3) is 0.190. The van der Waals surface area contributed by atoms with Crippen molar-refractivity contribution in [2.45, 2.75) is 17.7 Å². The zero-order chi connectivity index (χ0) is 24.8. The highest BCUT2D eigenvalue weighted by atomic mass is 32.2. The standard InChI is InChI=1S/C21H19O11PS/c1-29-16-10-19(30-2)20(34(26,27)28)9-15(16)21-13-5-3-11(22)7-17(13)31-18-8-12(4-6-14(18)21)32-33(23,24)25/h4,6-10H,3,5H2,1-2H3,(H2,23,24,25)(H,26,27,28). The molecule has 0 bridgehead atoms. The van der Waals surface area contributed by atoms with E-state index in [-0.39, 0.29) is 52.9 Å². The Morgan fingerprint density at radius 1 is 1.00 bits per heavy atom. The van der Waals surface area contributed by atoms with Gasteiger partial charge in [0.05, 0.1) is 14.2 Å². The fourth-order valence-electron chi connectivity index (χ4n) is 3.86. The van der Waals surface area contributed by atoms with Crippen LogP contribution in [-0.4, -0.2) is 42.8 Å². The summed E-state index contributed by atoms with van der Waals surface area (Å²) >= 11 is 0. The largest absolute Gasteiger partial charge is 0.524 e. The van der Waals surface area contributed by atoms with Crippen molar-refractivity contribution in [3.63, 3.8) is 0 Å². The molecule has 0 amide bonds. The molecule has 34 heavy (non-hydrogen) atoms. The van der Waals surface area contributed by atoms with Crippen LogP contribution < -0.4 is 18.7 Å². The number of ketones is 1. The van der Waals surface area contributed by atoms with E-state index < -0.39 is 22.8 Å². The van der Waals surface area contributed by atoms with Gasteiger partial charge in [-0.2, -0.15) is 8.42 Å². The lowest BCUT2D eigenvalue weighted by Gasteiger charge is -2.29. The predicted molar refractivity (Wildman–Crippen MR) is 117 cm³/mol. The lowest BCUT2D eigenvalue weighted by Crippen LogP contribution is -2.17. The van der Waals surface area contributed by atoms with Gasteiger partial charge in [0.25, 0.3) is 10.1 Å². The lowest BCUT2D eigenvalue weighted by atomic mass is 9.84. The summed E-state index contributed by atoms with van der Waals surface area (Å²) in [5.41, 5.74) is 1.72. The summed E-state index contributed by atoms with van der Waals surface area (Å²) in [7, 11) is -6.92. The van der Waals surface area contributed by atoms with E-state index in [0.717, 1.165) is 0 Å². The molecule has 0 atom stereocenters. The first-order valence-corrected chi connectivity index (χ1v) is 12.7. The number of carbonyl (C=O) groups excluding carboxylic acids is 1. The van der Waals surface area contributed by atoms with Gasteiger partial charge in [0.2, 0.25) is 0 Å². The van der Waals surface area contributed by atoms with Crippen LogP contribution in [0.1, 0.15) is 24.0 Å². The first-order chi connectivity index (χ1) is 15.9. The minimum Gasteiger partial charge on any atom is -0.496 e. The number of phosphoric ester groups is 1. The third kappa shape index (κ3) is 4.59. The number of hydrogen-bond acceptors (Lipinski definition) is 8. The van der Waals surface area contributed by atoms with Gasteiger partial charge in [-0.15, -0.1) is 0 Å². The van der Waals surface area contributed by atoms with Gasteiger partial charge in [-0.3, -0.25) is 19.1 Å². The summed E-state index contributed by atoms with van der Waals surface area (Å²) in [4.78, 5) is 29.8. The van der Waals surface area contributed by atoms with Crippen LogP contribution in [0.15, 0.2) is 52.6 Å². The van der Waals surface area contributed by atoms with Crippen molar-refractivity contribution in [1.29, 1.82) is 0 Å². The summed E-state index contributed by atoms with van der Waals surface area (Å²) in [6, 6.07) is 6.53. The van der Waals surface area contributed by atoms with Crippen molar-refractivity contribution in [2.24, 2.45) is 0 Å². The van der Waals surface area contributed by atoms with Crippen LogP contribution in [0.4, 0.5) is 0 Å². The SMILES string of the molecule is COc1cc(OC)c(S(=O)(=O)O)cc1C1=C2CCC(=O)C=C2Oc2cc(OP(=O)(O)O)ccc21. The van der Waals surface area contributed by atoms with E-state index in [4.69, 9.17) is 24.0 Å². The smallest absolute Gasteiger partial charge is 0.496 e. The summed E-state index contributed by atoms with van der Waals surface area (Å²) in [6.07, 6.45) is 1.75. The normalized spacial score (nSPS) is 15.7. The quantitative estimate of drug-likeness (QED) is 0.386. The average molecular weight is 510 g/mol. The number of hydrogen-bond donors (Lipinski definition) is 3. The number of carbonyl (C=O) groups is 1. The average Bonchev–Trinajstić information content (AvgIpc) is 2.74. The Bertz CT molecular complexity index is 1420. The highest BCUT2D eigenvalue weighted by molar-refractivity contribution is 7.86. The van der Waals surface area contributed by atoms with E-state index in [9.17, 15) is 22.3 Å². The molecule has 13 heteroatoms. The Balaban J connectivity index is 2.02. The van der Waals surface area contributed by atoms with E-state index >= 15 is 0 Å². The van der Waals surface area contributed by atoms with Crippen molar-refractivity contribution in [3.05, 3.63) is 58.9 Å². The van der Waals surface area contributed by atoms with Crippen molar-refractivity contribution in [2.75, 3.05) is 14.2 Å². The van der Waals surface area contributed by atoms with E-state index in [2.05, 4.69) is 4.52 Å². The number of methoxy groups -OCH3 is 2. The Morgan fingerprint density at radius 2 is 1.71 bits per heavy atom. The van der Waals surface area contributed by atoms with Gasteiger partial charge < -0.3 is 18.7 Å². The molecule has 2 aromatic carbocycles. The molecular formula is C21H19O11PS. The Morgan fingerprint density at radius 3 is 2.32 bits per heavy atom. The minimum atomic E-state index is -4.85. The van der Waals surface area contributed by atoms with E-state index in [1.165, 1.54) is 50.6 Å². The topological polar surface area (TPSA) is 166 Å². The van der Waals surface area contributed by atoms with E-state index in [0.29, 0.717) is 16.7 Å². The summed E-state index contributed by atoms with van der Waals surface area (Å²) < 4.78 is 66.2. The monoisotopic (exact) mass is 510 g/mol. The molecule has 0 saturated heterocycles. The molecule has 1 heterocycles. The van der Waals surface area contributed by atoms with Crippen molar-refractivity contribution >= 4 is 29.3 Å². The fourth-order valence-corrected chi connectivity index (χ4v) is 4.91. The summed E-state index contributed by atoms with van der Waals surface area (Å²) in [5, 5.41) is 0. The number of fused-ring (bicyclic) bond motifs is 2. The Hall–Kier alpha value is -3.15.